The molecule has 0 bridgehead atoms. The molecule has 3 N–H and O–H groups in total. The van der Waals surface area contributed by atoms with E-state index < -0.39 is 11.2 Å². The minimum Gasteiger partial charge on any atom is -0.364 e. The third-order valence-corrected chi connectivity index (χ3v) is 3.28. The zero-order chi connectivity index (χ0) is 11.5. The molecule has 1 heterocycles. The predicted octanol–water partition coefficient (Wildman–Crippen LogP) is 0.306. The lowest BCUT2D eigenvalue weighted by Gasteiger charge is -2.15. The molecule has 0 aromatic carbocycles. The van der Waals surface area contributed by atoms with Gasteiger partial charge in [0.25, 0.3) is 5.56 Å². The van der Waals surface area contributed by atoms with Crippen LogP contribution in [-0.4, -0.2) is 21.7 Å². The number of rotatable bonds is 3. The van der Waals surface area contributed by atoms with Crippen LogP contribution in [0.1, 0.15) is 26.2 Å². The molecule has 1 aliphatic rings. The molecule has 6 heteroatoms. The van der Waals surface area contributed by atoms with Crippen LogP contribution in [0.3, 0.4) is 0 Å². The Morgan fingerprint density at radius 1 is 1.44 bits per heavy atom. The first-order chi connectivity index (χ1) is 7.66. The maximum Gasteiger partial charge on any atom is 0.342 e. The molecule has 0 spiro atoms. The van der Waals surface area contributed by atoms with Crippen LogP contribution in [0.5, 0.6) is 0 Å². The zero-order valence-corrected chi connectivity index (χ0v) is 9.25. The SMILES string of the molecule is CC1CCCC1CNc1n[nH]c(=O)[nH]c1=O. The minimum absolute atomic E-state index is 0.193. The van der Waals surface area contributed by atoms with E-state index in [2.05, 4.69) is 27.4 Å². The van der Waals surface area contributed by atoms with Crippen LogP contribution in [0.25, 0.3) is 0 Å². The van der Waals surface area contributed by atoms with E-state index in [1.165, 1.54) is 19.3 Å². The van der Waals surface area contributed by atoms with E-state index in [1.807, 2.05) is 0 Å². The second-order valence-corrected chi connectivity index (χ2v) is 4.40. The van der Waals surface area contributed by atoms with Gasteiger partial charge in [-0.1, -0.05) is 19.8 Å². The van der Waals surface area contributed by atoms with Gasteiger partial charge in [-0.05, 0) is 18.3 Å². The second-order valence-electron chi connectivity index (χ2n) is 4.40. The van der Waals surface area contributed by atoms with Gasteiger partial charge in [-0.15, -0.1) is 5.10 Å². The van der Waals surface area contributed by atoms with E-state index in [4.69, 9.17) is 0 Å². The van der Waals surface area contributed by atoms with E-state index in [9.17, 15) is 9.59 Å². The first kappa shape index (κ1) is 10.9. The molecule has 1 fully saturated rings. The van der Waals surface area contributed by atoms with Crippen LogP contribution < -0.4 is 16.6 Å². The van der Waals surface area contributed by atoms with Crippen molar-refractivity contribution in [3.63, 3.8) is 0 Å². The van der Waals surface area contributed by atoms with Crippen LogP contribution >= 0.6 is 0 Å². The predicted molar refractivity (Wildman–Crippen MR) is 60.5 cm³/mol. The van der Waals surface area contributed by atoms with Crippen molar-refractivity contribution < 1.29 is 0 Å². The minimum atomic E-state index is -0.579. The molecule has 0 saturated heterocycles. The largest absolute Gasteiger partial charge is 0.364 e. The Labute approximate surface area is 92.5 Å². The summed E-state index contributed by atoms with van der Waals surface area (Å²) in [6, 6.07) is 0. The highest BCUT2D eigenvalue weighted by Gasteiger charge is 2.23. The number of hydrogen-bond donors (Lipinski definition) is 3. The van der Waals surface area contributed by atoms with Crippen molar-refractivity contribution in [3.8, 4) is 0 Å². The lowest BCUT2D eigenvalue weighted by molar-refractivity contribution is 0.439. The normalized spacial score (nSPS) is 24.6. The maximum absolute atomic E-state index is 11.3. The van der Waals surface area contributed by atoms with Gasteiger partial charge in [0, 0.05) is 6.54 Å². The number of nitrogens with zero attached hydrogens (tertiary/aromatic N) is 1. The molecule has 2 rings (SSSR count). The highest BCUT2D eigenvalue weighted by molar-refractivity contribution is 5.28. The lowest BCUT2D eigenvalue weighted by atomic mass is 9.98. The smallest absolute Gasteiger partial charge is 0.342 e. The molecule has 0 aliphatic heterocycles. The second kappa shape index (κ2) is 4.51. The summed E-state index contributed by atoms with van der Waals surface area (Å²) in [6.07, 6.45) is 3.69. The Morgan fingerprint density at radius 2 is 2.25 bits per heavy atom. The molecule has 2 atom stereocenters. The van der Waals surface area contributed by atoms with Crippen LogP contribution in [-0.2, 0) is 0 Å². The quantitative estimate of drug-likeness (QED) is 0.689. The fraction of sp³-hybridized carbons (Fsp3) is 0.700. The van der Waals surface area contributed by atoms with Crippen molar-refractivity contribution in [2.45, 2.75) is 26.2 Å². The summed E-state index contributed by atoms with van der Waals surface area (Å²) in [7, 11) is 0. The summed E-state index contributed by atoms with van der Waals surface area (Å²) >= 11 is 0. The Balaban J connectivity index is 1.99. The molecular weight excluding hydrogens is 208 g/mol. The van der Waals surface area contributed by atoms with Crippen molar-refractivity contribution in [1.29, 1.82) is 0 Å². The highest BCUT2D eigenvalue weighted by atomic mass is 16.2. The summed E-state index contributed by atoms with van der Waals surface area (Å²) < 4.78 is 0. The molecule has 16 heavy (non-hydrogen) atoms. The number of hydrogen-bond acceptors (Lipinski definition) is 4. The third kappa shape index (κ3) is 2.32. The topological polar surface area (TPSA) is 90.6 Å². The van der Waals surface area contributed by atoms with Gasteiger partial charge in [-0.25, -0.2) is 9.89 Å². The van der Waals surface area contributed by atoms with Gasteiger partial charge in [-0.3, -0.25) is 9.78 Å². The summed E-state index contributed by atoms with van der Waals surface area (Å²) in [5, 5.41) is 8.86. The van der Waals surface area contributed by atoms with E-state index in [0.717, 1.165) is 6.54 Å². The maximum atomic E-state index is 11.3. The van der Waals surface area contributed by atoms with Gasteiger partial charge in [0.05, 0.1) is 0 Å². The summed E-state index contributed by atoms with van der Waals surface area (Å²) in [6.45, 7) is 2.97. The van der Waals surface area contributed by atoms with Crippen molar-refractivity contribution in [1.82, 2.24) is 15.2 Å². The average molecular weight is 224 g/mol. The van der Waals surface area contributed by atoms with Crippen LogP contribution in [0.2, 0.25) is 0 Å². The van der Waals surface area contributed by atoms with Crippen molar-refractivity contribution in [2.75, 3.05) is 11.9 Å². The van der Waals surface area contributed by atoms with Crippen molar-refractivity contribution in [2.24, 2.45) is 11.8 Å². The summed E-state index contributed by atoms with van der Waals surface area (Å²) in [5.74, 6) is 1.47. The Kier molecular flexibility index (Phi) is 3.07. The molecule has 1 aromatic heterocycles. The average Bonchev–Trinajstić information content (AvgIpc) is 2.63. The molecule has 0 amide bonds. The van der Waals surface area contributed by atoms with Gasteiger partial charge in [0.2, 0.25) is 5.82 Å². The van der Waals surface area contributed by atoms with Crippen LogP contribution in [0.4, 0.5) is 5.82 Å². The monoisotopic (exact) mass is 224 g/mol. The lowest BCUT2D eigenvalue weighted by Crippen LogP contribution is -2.28. The van der Waals surface area contributed by atoms with E-state index >= 15 is 0 Å². The molecule has 88 valence electrons. The van der Waals surface area contributed by atoms with Crippen molar-refractivity contribution in [3.05, 3.63) is 20.8 Å². The summed E-state index contributed by atoms with van der Waals surface area (Å²) in [5.41, 5.74) is -1.04. The first-order valence-corrected chi connectivity index (χ1v) is 5.59. The van der Waals surface area contributed by atoms with Gasteiger partial charge < -0.3 is 5.32 Å². The Bertz CT molecular complexity index is 464. The van der Waals surface area contributed by atoms with Crippen molar-refractivity contribution >= 4 is 5.82 Å². The Hall–Kier alpha value is -1.59. The standard InChI is InChI=1S/C10H16N4O2/c1-6-3-2-4-7(6)5-11-8-9(15)12-10(16)14-13-8/h6-7H,2-5H2,1H3,(H,11,13)(H2,12,14,15,16). The number of aromatic nitrogens is 3. The number of nitrogens with one attached hydrogen (secondary N) is 3. The number of H-pyrrole nitrogens is 2. The molecular formula is C10H16N4O2. The zero-order valence-electron chi connectivity index (χ0n) is 9.25. The Morgan fingerprint density at radius 3 is 2.88 bits per heavy atom. The van der Waals surface area contributed by atoms with E-state index in [0.29, 0.717) is 11.8 Å². The van der Waals surface area contributed by atoms with E-state index in [1.54, 1.807) is 0 Å². The third-order valence-electron chi connectivity index (χ3n) is 3.28. The van der Waals surface area contributed by atoms with E-state index in [-0.39, 0.29) is 5.82 Å². The van der Waals surface area contributed by atoms with Gasteiger partial charge in [0.15, 0.2) is 0 Å². The van der Waals surface area contributed by atoms with Crippen LogP contribution in [0, 0.1) is 11.8 Å². The molecule has 1 aliphatic carbocycles. The van der Waals surface area contributed by atoms with Gasteiger partial charge >= 0.3 is 5.69 Å². The highest BCUT2D eigenvalue weighted by Crippen LogP contribution is 2.30. The summed E-state index contributed by atoms with van der Waals surface area (Å²) in [4.78, 5) is 24.2. The van der Waals surface area contributed by atoms with Gasteiger partial charge in [0.1, 0.15) is 0 Å². The van der Waals surface area contributed by atoms with Gasteiger partial charge in [-0.2, -0.15) is 0 Å². The molecule has 1 saturated carbocycles. The van der Waals surface area contributed by atoms with Crippen LogP contribution in [0.15, 0.2) is 9.59 Å². The molecule has 2 unspecified atom stereocenters. The number of anilines is 1. The first-order valence-electron chi connectivity index (χ1n) is 5.59. The molecule has 0 radical (unpaired) electrons. The molecule has 1 aromatic rings. The molecule has 6 nitrogen and oxygen atoms in total. The fourth-order valence-electron chi connectivity index (χ4n) is 2.22. The number of aromatic amines is 2. The fourth-order valence-corrected chi connectivity index (χ4v) is 2.22.